The van der Waals surface area contributed by atoms with Gasteiger partial charge in [0.25, 0.3) is 0 Å². The van der Waals surface area contributed by atoms with E-state index >= 15 is 0 Å². The van der Waals surface area contributed by atoms with E-state index in [1.54, 1.807) is 0 Å². The van der Waals surface area contributed by atoms with Crippen LogP contribution in [0.5, 0.6) is 0 Å². The van der Waals surface area contributed by atoms with Gasteiger partial charge in [0.05, 0.1) is 0 Å². The molecule has 0 bridgehead atoms. The third-order valence-electron chi connectivity index (χ3n) is 4.34. The molecule has 6 nitrogen and oxygen atoms in total. The summed E-state index contributed by atoms with van der Waals surface area (Å²) in [5.74, 6) is 0.875. The molecule has 2 saturated heterocycles. The number of likely N-dealkylation sites (N-methyl/N-ethyl adjacent to an activating group) is 1. The fourth-order valence-electron chi connectivity index (χ4n) is 3.01. The maximum absolute atomic E-state index is 4.57. The fraction of sp³-hybridized carbons (Fsp3) is 0.733. The second-order valence-corrected chi connectivity index (χ2v) is 6.27. The van der Waals surface area contributed by atoms with Crippen molar-refractivity contribution in [1.82, 2.24) is 25.1 Å². The van der Waals surface area contributed by atoms with Crippen molar-refractivity contribution >= 4 is 5.95 Å². The number of nitrogens with zero attached hydrogens (tertiary/aromatic N) is 5. The highest BCUT2D eigenvalue weighted by Gasteiger charge is 2.18. The third kappa shape index (κ3) is 3.90. The number of piperazine rings is 2. The molecule has 1 aromatic heterocycles. The van der Waals surface area contributed by atoms with E-state index in [4.69, 9.17) is 0 Å². The summed E-state index contributed by atoms with van der Waals surface area (Å²) in [5, 5.41) is 3.47. The van der Waals surface area contributed by atoms with E-state index < -0.39 is 0 Å². The minimum atomic E-state index is 0.573. The Morgan fingerprint density at radius 2 is 1.86 bits per heavy atom. The van der Waals surface area contributed by atoms with Crippen LogP contribution in [0.1, 0.15) is 12.5 Å². The first kappa shape index (κ1) is 14.7. The topological polar surface area (TPSA) is 47.5 Å². The Hall–Kier alpha value is -1.24. The van der Waals surface area contributed by atoms with Gasteiger partial charge < -0.3 is 15.1 Å². The maximum Gasteiger partial charge on any atom is 0.225 e. The molecule has 1 N–H and O–H groups in total. The molecule has 3 rings (SSSR count). The average molecular weight is 290 g/mol. The zero-order valence-electron chi connectivity index (χ0n) is 13.1. The number of anilines is 1. The van der Waals surface area contributed by atoms with Crippen molar-refractivity contribution in [3.05, 3.63) is 18.0 Å². The van der Waals surface area contributed by atoms with Gasteiger partial charge in [-0.1, -0.05) is 0 Å². The van der Waals surface area contributed by atoms with Crippen LogP contribution in [0.2, 0.25) is 0 Å². The van der Waals surface area contributed by atoms with Crippen LogP contribution in [0, 0.1) is 0 Å². The van der Waals surface area contributed by atoms with E-state index in [9.17, 15) is 0 Å². The SMILES string of the molecule is CC1CN(Cc2cnc(N3CCN(C)CC3)nc2)CCN1. The van der Waals surface area contributed by atoms with Crippen molar-refractivity contribution in [3.63, 3.8) is 0 Å². The summed E-state index contributed by atoms with van der Waals surface area (Å²) in [6.07, 6.45) is 3.99. The van der Waals surface area contributed by atoms with Crippen molar-refractivity contribution in [1.29, 1.82) is 0 Å². The molecule has 2 aliphatic heterocycles. The van der Waals surface area contributed by atoms with Crippen molar-refractivity contribution in [2.45, 2.75) is 19.5 Å². The highest BCUT2D eigenvalue weighted by molar-refractivity contribution is 5.30. The summed E-state index contributed by atoms with van der Waals surface area (Å²) < 4.78 is 0. The quantitative estimate of drug-likeness (QED) is 0.847. The van der Waals surface area contributed by atoms with Crippen LogP contribution in [0.3, 0.4) is 0 Å². The lowest BCUT2D eigenvalue weighted by atomic mass is 10.2. The van der Waals surface area contributed by atoms with Crippen LogP contribution in [-0.2, 0) is 6.54 Å². The van der Waals surface area contributed by atoms with Crippen molar-refractivity contribution in [2.24, 2.45) is 0 Å². The van der Waals surface area contributed by atoms with Crippen LogP contribution in [0.25, 0.3) is 0 Å². The summed E-state index contributed by atoms with van der Waals surface area (Å²) in [4.78, 5) is 16.2. The van der Waals surface area contributed by atoms with Gasteiger partial charge in [-0.15, -0.1) is 0 Å². The second-order valence-electron chi connectivity index (χ2n) is 6.27. The zero-order chi connectivity index (χ0) is 14.7. The molecule has 0 saturated carbocycles. The minimum Gasteiger partial charge on any atom is -0.338 e. The highest BCUT2D eigenvalue weighted by Crippen LogP contribution is 2.12. The lowest BCUT2D eigenvalue weighted by molar-refractivity contribution is 0.199. The Labute approximate surface area is 127 Å². The van der Waals surface area contributed by atoms with Crippen LogP contribution in [0.15, 0.2) is 12.4 Å². The van der Waals surface area contributed by atoms with Gasteiger partial charge >= 0.3 is 0 Å². The molecule has 2 fully saturated rings. The molecule has 0 amide bonds. The van der Waals surface area contributed by atoms with Crippen LogP contribution in [0.4, 0.5) is 5.95 Å². The van der Waals surface area contributed by atoms with Gasteiger partial charge in [-0.05, 0) is 14.0 Å². The molecule has 1 aromatic rings. The van der Waals surface area contributed by atoms with Gasteiger partial charge in [0.15, 0.2) is 0 Å². The number of hydrogen-bond acceptors (Lipinski definition) is 6. The van der Waals surface area contributed by atoms with E-state index in [-0.39, 0.29) is 0 Å². The van der Waals surface area contributed by atoms with Gasteiger partial charge in [-0.25, -0.2) is 9.97 Å². The van der Waals surface area contributed by atoms with Crippen molar-refractivity contribution in [3.8, 4) is 0 Å². The van der Waals surface area contributed by atoms with Crippen LogP contribution in [-0.4, -0.2) is 78.7 Å². The molecule has 2 aliphatic rings. The normalized spacial score (nSPS) is 25.2. The summed E-state index contributed by atoms with van der Waals surface area (Å²) >= 11 is 0. The number of rotatable bonds is 3. The smallest absolute Gasteiger partial charge is 0.225 e. The summed E-state index contributed by atoms with van der Waals surface area (Å²) in [6.45, 7) is 10.7. The lowest BCUT2D eigenvalue weighted by Gasteiger charge is -2.33. The van der Waals surface area contributed by atoms with Gasteiger partial charge in [0.1, 0.15) is 0 Å². The summed E-state index contributed by atoms with van der Waals surface area (Å²) in [7, 11) is 2.16. The molecule has 0 spiro atoms. The first-order chi connectivity index (χ1) is 10.2. The van der Waals surface area contributed by atoms with E-state index in [0.29, 0.717) is 6.04 Å². The predicted octanol–water partition coefficient (Wildman–Crippen LogP) is 0.0221. The van der Waals surface area contributed by atoms with Crippen molar-refractivity contribution < 1.29 is 0 Å². The molecule has 1 atom stereocenters. The molecule has 0 aliphatic carbocycles. The van der Waals surface area contributed by atoms with E-state index in [1.165, 1.54) is 5.56 Å². The molecular formula is C15H26N6. The van der Waals surface area contributed by atoms with E-state index in [1.807, 2.05) is 12.4 Å². The Bertz CT molecular complexity index is 440. The largest absolute Gasteiger partial charge is 0.338 e. The van der Waals surface area contributed by atoms with Gasteiger partial charge in [0.2, 0.25) is 5.95 Å². The van der Waals surface area contributed by atoms with Crippen LogP contribution < -0.4 is 10.2 Å². The Kier molecular flexibility index (Phi) is 4.67. The van der Waals surface area contributed by atoms with Gasteiger partial charge in [0, 0.05) is 76.4 Å². The predicted molar refractivity (Wildman–Crippen MR) is 84.5 cm³/mol. The average Bonchev–Trinajstić information content (AvgIpc) is 2.49. The van der Waals surface area contributed by atoms with Crippen molar-refractivity contribution in [2.75, 3.05) is 57.8 Å². The molecule has 1 unspecified atom stereocenters. The fourth-order valence-corrected chi connectivity index (χ4v) is 3.01. The molecule has 0 radical (unpaired) electrons. The van der Waals surface area contributed by atoms with Crippen LogP contribution >= 0.6 is 0 Å². The first-order valence-corrected chi connectivity index (χ1v) is 7.91. The third-order valence-corrected chi connectivity index (χ3v) is 4.34. The highest BCUT2D eigenvalue weighted by atomic mass is 15.3. The Morgan fingerprint density at radius 3 is 2.52 bits per heavy atom. The Morgan fingerprint density at radius 1 is 1.14 bits per heavy atom. The number of aromatic nitrogens is 2. The molecular weight excluding hydrogens is 264 g/mol. The second kappa shape index (κ2) is 6.68. The lowest BCUT2D eigenvalue weighted by Crippen LogP contribution is -2.48. The summed E-state index contributed by atoms with van der Waals surface area (Å²) in [5.41, 5.74) is 1.21. The maximum atomic E-state index is 4.57. The molecule has 0 aromatic carbocycles. The monoisotopic (exact) mass is 290 g/mol. The standard InChI is InChI=1S/C15H26N6/c1-13-11-20(4-3-16-13)12-14-9-17-15(18-10-14)21-7-5-19(2)6-8-21/h9-10,13,16H,3-8,11-12H2,1-2H3. The van der Waals surface area contributed by atoms with E-state index in [2.05, 4.69) is 44.0 Å². The number of nitrogens with one attached hydrogen (secondary N) is 1. The van der Waals surface area contributed by atoms with Gasteiger partial charge in [-0.3, -0.25) is 4.90 Å². The zero-order valence-corrected chi connectivity index (χ0v) is 13.1. The number of hydrogen-bond donors (Lipinski definition) is 1. The van der Waals surface area contributed by atoms with E-state index in [0.717, 1.165) is 58.3 Å². The summed E-state index contributed by atoms with van der Waals surface area (Å²) in [6, 6.07) is 0.573. The first-order valence-electron chi connectivity index (χ1n) is 7.91. The molecule has 21 heavy (non-hydrogen) atoms. The Balaban J connectivity index is 1.56. The molecule has 6 heteroatoms. The molecule has 3 heterocycles. The minimum absolute atomic E-state index is 0.573. The molecule has 116 valence electrons. The van der Waals surface area contributed by atoms with Gasteiger partial charge in [-0.2, -0.15) is 0 Å².